The lowest BCUT2D eigenvalue weighted by Gasteiger charge is -2.40. The molecule has 0 radical (unpaired) electrons. The van der Waals surface area contributed by atoms with Crippen LogP contribution in [0.15, 0.2) is 86.0 Å². The van der Waals surface area contributed by atoms with Crippen molar-refractivity contribution < 1.29 is 33.8 Å². The summed E-state index contributed by atoms with van der Waals surface area (Å²) in [6.07, 6.45) is 4.04. The first kappa shape index (κ1) is 37.5. The van der Waals surface area contributed by atoms with Crippen molar-refractivity contribution in [3.05, 3.63) is 97.1 Å². The summed E-state index contributed by atoms with van der Waals surface area (Å²) in [4.78, 5) is 59.4. The van der Waals surface area contributed by atoms with Crippen molar-refractivity contribution in [1.82, 2.24) is 15.1 Å². The second-order valence-corrected chi connectivity index (χ2v) is 15.0. The molecule has 0 aliphatic carbocycles. The van der Waals surface area contributed by atoms with Gasteiger partial charge in [-0.2, -0.15) is 0 Å². The summed E-state index contributed by atoms with van der Waals surface area (Å²) in [5.41, 5.74) is 0.338. The number of aliphatic hydroxyl groups is 1. The molecule has 3 saturated heterocycles. The molecule has 2 bridgehead atoms. The van der Waals surface area contributed by atoms with Gasteiger partial charge in [0.2, 0.25) is 17.7 Å². The number of benzene rings is 2. The predicted molar refractivity (Wildman–Crippen MR) is 193 cm³/mol. The van der Waals surface area contributed by atoms with Gasteiger partial charge >= 0.3 is 5.97 Å². The van der Waals surface area contributed by atoms with Gasteiger partial charge in [0, 0.05) is 24.3 Å². The largest absolute Gasteiger partial charge is 0.463 e. The minimum absolute atomic E-state index is 0.102. The maximum Gasteiger partial charge on any atom is 0.306 e. The van der Waals surface area contributed by atoms with Gasteiger partial charge < -0.3 is 29.7 Å². The van der Waals surface area contributed by atoms with Gasteiger partial charge in [0.1, 0.15) is 18.2 Å². The molecule has 2 aromatic rings. The molecule has 0 saturated carbocycles. The molecule has 10 nitrogen and oxygen atoms in total. The third-order valence-corrected chi connectivity index (χ3v) is 10.8. The molecule has 5 rings (SSSR count). The number of nitrogens with zero attached hydrogens (tertiary/aromatic N) is 2. The summed E-state index contributed by atoms with van der Waals surface area (Å²) in [5, 5.41) is 13.7. The van der Waals surface area contributed by atoms with Crippen molar-refractivity contribution in [1.29, 1.82) is 0 Å². The van der Waals surface area contributed by atoms with Crippen molar-refractivity contribution in [2.45, 2.75) is 80.7 Å². The number of allylic oxidation sites excluding steroid dienone is 1. The third kappa shape index (κ3) is 7.60. The molecule has 2 N–H and O–H groups in total. The van der Waals surface area contributed by atoms with Gasteiger partial charge in [-0.1, -0.05) is 103 Å². The van der Waals surface area contributed by atoms with Crippen LogP contribution in [0.4, 0.5) is 0 Å². The molecule has 3 aliphatic heterocycles. The fourth-order valence-corrected chi connectivity index (χ4v) is 8.81. The number of alkyl halides is 1. The number of likely N-dealkylation sites (tertiary alicyclic amines) is 1. The van der Waals surface area contributed by atoms with E-state index in [4.69, 9.17) is 9.47 Å². The van der Waals surface area contributed by atoms with Gasteiger partial charge in [0.05, 0.1) is 36.6 Å². The summed E-state index contributed by atoms with van der Waals surface area (Å²) < 4.78 is 12.3. The highest BCUT2D eigenvalue weighted by Crippen LogP contribution is 2.60. The van der Waals surface area contributed by atoms with E-state index in [-0.39, 0.29) is 55.3 Å². The van der Waals surface area contributed by atoms with Crippen LogP contribution in [-0.4, -0.2) is 87.0 Å². The molecule has 1 spiro atoms. The Kier molecular flexibility index (Phi) is 12.3. The first-order valence-electron chi connectivity index (χ1n) is 17.4. The predicted octanol–water partition coefficient (Wildman–Crippen LogP) is 4.72. The van der Waals surface area contributed by atoms with Crippen molar-refractivity contribution in [3.8, 4) is 0 Å². The maximum absolute atomic E-state index is 14.8. The fourth-order valence-electron chi connectivity index (χ4n) is 7.87. The van der Waals surface area contributed by atoms with E-state index in [1.807, 2.05) is 74.5 Å². The van der Waals surface area contributed by atoms with Crippen LogP contribution in [0.3, 0.4) is 0 Å². The minimum atomic E-state index is -1.31. The summed E-state index contributed by atoms with van der Waals surface area (Å²) in [6.45, 7) is 11.6. The van der Waals surface area contributed by atoms with Crippen LogP contribution in [0.25, 0.3) is 0 Å². The molecule has 3 fully saturated rings. The van der Waals surface area contributed by atoms with E-state index in [0.717, 1.165) is 11.1 Å². The smallest absolute Gasteiger partial charge is 0.306 e. The van der Waals surface area contributed by atoms with Crippen LogP contribution in [0, 0.1) is 17.8 Å². The molecule has 3 heterocycles. The van der Waals surface area contributed by atoms with Gasteiger partial charge in [-0.3, -0.25) is 19.2 Å². The van der Waals surface area contributed by atoms with Crippen LogP contribution in [-0.2, 0) is 35.2 Å². The highest BCUT2D eigenvalue weighted by molar-refractivity contribution is 9.09. The Morgan fingerprint density at radius 1 is 1.12 bits per heavy atom. The first-order chi connectivity index (χ1) is 24.1. The summed E-state index contributed by atoms with van der Waals surface area (Å²) >= 11 is 3.75. The Morgan fingerprint density at radius 3 is 2.42 bits per heavy atom. The number of hydrogen-bond acceptors (Lipinski definition) is 7. The van der Waals surface area contributed by atoms with E-state index in [9.17, 15) is 24.3 Å². The van der Waals surface area contributed by atoms with E-state index in [0.29, 0.717) is 19.3 Å². The van der Waals surface area contributed by atoms with Gasteiger partial charge in [0.25, 0.3) is 0 Å². The van der Waals surface area contributed by atoms with E-state index in [1.54, 1.807) is 17.1 Å². The van der Waals surface area contributed by atoms with E-state index in [1.165, 1.54) is 4.90 Å². The lowest BCUT2D eigenvalue weighted by Crippen LogP contribution is -2.59. The average Bonchev–Trinajstić information content (AvgIpc) is 3.71. The van der Waals surface area contributed by atoms with Crippen molar-refractivity contribution in [2.75, 3.05) is 19.8 Å². The number of amides is 3. The Bertz CT molecular complexity index is 1540. The van der Waals surface area contributed by atoms with Crippen LogP contribution in [0.5, 0.6) is 0 Å². The Morgan fingerprint density at radius 2 is 1.80 bits per heavy atom. The number of fused-ring (bicyclic) bond motifs is 1. The van der Waals surface area contributed by atoms with Crippen LogP contribution in [0.2, 0.25) is 0 Å². The standard InChI is InChI=1S/C39H48BrN3O7/c1-5-7-18-31(45)49-24-30(27-16-12-9-13-17-27)41-36(46)32-33-37(47)43(28(23-44)20-25(3)4)35(39(33)21-29(40)34(32)50-39)38(48)42(19-6-2)22-26-14-10-8-11-15-26/h5-6,8-17,25,28-30,32-35,44H,1-2,7,18-24H2,3-4H3,(H,41,46)/t28-,29?,30-,32-,33+,34-,35-,39+/m1/s1. The quantitative estimate of drug-likeness (QED) is 0.136. The Labute approximate surface area is 303 Å². The van der Waals surface area contributed by atoms with Gasteiger partial charge in [-0.25, -0.2) is 0 Å². The monoisotopic (exact) mass is 749 g/mol. The molecular formula is C39H48BrN3O7. The van der Waals surface area contributed by atoms with Crippen molar-refractivity contribution >= 4 is 39.6 Å². The number of hydrogen-bond donors (Lipinski definition) is 2. The highest BCUT2D eigenvalue weighted by atomic mass is 79.9. The molecule has 2 aromatic carbocycles. The Balaban J connectivity index is 1.50. The fraction of sp³-hybridized carbons (Fsp3) is 0.487. The second kappa shape index (κ2) is 16.5. The number of esters is 1. The number of carbonyl (C=O) groups is 4. The number of nitrogens with one attached hydrogen (secondary N) is 1. The zero-order valence-corrected chi connectivity index (χ0v) is 30.4. The number of rotatable bonds is 17. The Hall–Kier alpha value is -3.80. The molecule has 8 atom stereocenters. The summed E-state index contributed by atoms with van der Waals surface area (Å²) in [6, 6.07) is 16.4. The van der Waals surface area contributed by atoms with Crippen LogP contribution >= 0.6 is 15.9 Å². The van der Waals surface area contributed by atoms with E-state index < -0.39 is 53.5 Å². The zero-order valence-electron chi connectivity index (χ0n) is 28.8. The van der Waals surface area contributed by atoms with E-state index >= 15 is 0 Å². The highest BCUT2D eigenvalue weighted by Gasteiger charge is 2.77. The van der Waals surface area contributed by atoms with Crippen molar-refractivity contribution in [3.63, 3.8) is 0 Å². The molecule has 0 aromatic heterocycles. The normalized spacial score (nSPS) is 26.3. The lowest BCUT2D eigenvalue weighted by atomic mass is 9.70. The zero-order chi connectivity index (χ0) is 36.0. The number of carbonyl (C=O) groups excluding carboxylic acids is 4. The van der Waals surface area contributed by atoms with Gasteiger partial charge in [-0.15, -0.1) is 13.2 Å². The topological polar surface area (TPSA) is 125 Å². The number of halogens is 1. The SMILES string of the molecule is C=CCCC(=O)OC[C@@H](NC(=O)[C@H]1[C@@H]2O[C@@]3(CC2Br)[C@@H]1C(=O)N([C@@H](CO)CC(C)C)[C@@H]3C(=O)N(CC=C)Cc1ccccc1)c1ccccc1. The molecule has 3 amide bonds. The van der Waals surface area contributed by atoms with Crippen LogP contribution in [0.1, 0.15) is 56.7 Å². The molecule has 50 heavy (non-hydrogen) atoms. The first-order valence-corrected chi connectivity index (χ1v) is 18.3. The summed E-state index contributed by atoms with van der Waals surface area (Å²) in [7, 11) is 0. The van der Waals surface area contributed by atoms with Crippen LogP contribution < -0.4 is 5.32 Å². The van der Waals surface area contributed by atoms with Crippen molar-refractivity contribution in [2.24, 2.45) is 17.8 Å². The molecular weight excluding hydrogens is 702 g/mol. The maximum atomic E-state index is 14.8. The average molecular weight is 751 g/mol. The molecule has 268 valence electrons. The molecule has 11 heteroatoms. The number of aliphatic hydroxyl groups excluding tert-OH is 1. The van der Waals surface area contributed by atoms with Gasteiger partial charge in [-0.05, 0) is 36.3 Å². The number of ether oxygens (including phenoxy) is 2. The molecule has 3 aliphatic rings. The summed E-state index contributed by atoms with van der Waals surface area (Å²) in [5.74, 6) is -3.33. The third-order valence-electron chi connectivity index (χ3n) is 9.97. The molecule has 1 unspecified atom stereocenters. The van der Waals surface area contributed by atoms with E-state index in [2.05, 4.69) is 34.4 Å². The van der Waals surface area contributed by atoms with Gasteiger partial charge in [0.15, 0.2) is 0 Å². The minimum Gasteiger partial charge on any atom is -0.463 e. The second-order valence-electron chi connectivity index (χ2n) is 13.9. The lowest BCUT2D eigenvalue weighted by molar-refractivity contribution is -0.152.